The topological polar surface area (TPSA) is 57.7 Å². The fourth-order valence-corrected chi connectivity index (χ4v) is 4.28. The number of piperazine rings is 1. The third-order valence-electron chi connectivity index (χ3n) is 4.53. The predicted molar refractivity (Wildman–Crippen MR) is 79.0 cm³/mol. The number of rotatable bonds is 3. The van der Waals surface area contributed by atoms with Gasteiger partial charge in [0.2, 0.25) is 15.9 Å². The van der Waals surface area contributed by atoms with Crippen molar-refractivity contribution in [1.82, 2.24) is 9.21 Å². The number of benzene rings is 1. The molecule has 1 saturated heterocycles. The zero-order valence-electron chi connectivity index (χ0n) is 12.5. The highest BCUT2D eigenvalue weighted by Crippen LogP contribution is 2.29. The van der Waals surface area contributed by atoms with Crippen LogP contribution in [0.4, 0.5) is 8.78 Å². The van der Waals surface area contributed by atoms with Crippen molar-refractivity contribution < 1.29 is 22.0 Å². The van der Waals surface area contributed by atoms with Crippen LogP contribution in [0.1, 0.15) is 19.3 Å². The fourth-order valence-electron chi connectivity index (χ4n) is 2.85. The maximum absolute atomic E-state index is 13.3. The molecule has 126 valence electrons. The summed E-state index contributed by atoms with van der Waals surface area (Å²) in [6.07, 6.45) is 2.89. The number of carbonyl (C=O) groups is 1. The largest absolute Gasteiger partial charge is 0.340 e. The van der Waals surface area contributed by atoms with Crippen molar-refractivity contribution >= 4 is 15.9 Å². The van der Waals surface area contributed by atoms with E-state index in [9.17, 15) is 22.0 Å². The number of amides is 1. The van der Waals surface area contributed by atoms with Crippen molar-refractivity contribution in [3.63, 3.8) is 0 Å². The summed E-state index contributed by atoms with van der Waals surface area (Å²) in [5.41, 5.74) is 0. The van der Waals surface area contributed by atoms with Crippen LogP contribution in [0, 0.1) is 17.6 Å². The van der Waals surface area contributed by atoms with Gasteiger partial charge >= 0.3 is 0 Å². The molecule has 1 heterocycles. The number of halogens is 2. The van der Waals surface area contributed by atoms with Crippen molar-refractivity contribution in [2.24, 2.45) is 5.92 Å². The Balaban J connectivity index is 1.68. The molecule has 2 fully saturated rings. The second-order valence-electron chi connectivity index (χ2n) is 5.93. The Morgan fingerprint density at radius 1 is 1.04 bits per heavy atom. The molecule has 0 bridgehead atoms. The second kappa shape index (κ2) is 6.16. The van der Waals surface area contributed by atoms with Crippen LogP contribution in [0.15, 0.2) is 23.1 Å². The minimum Gasteiger partial charge on any atom is -0.340 e. The standard InChI is InChI=1S/C15H18F2N2O3S/c16-13-5-4-12(10-14(13)17)23(21,22)19-8-6-18(7-9-19)15(20)11-2-1-3-11/h4-5,10-11H,1-3,6-9H2. The van der Waals surface area contributed by atoms with Gasteiger partial charge in [-0.1, -0.05) is 6.42 Å². The van der Waals surface area contributed by atoms with Crippen molar-refractivity contribution in [3.8, 4) is 0 Å². The summed E-state index contributed by atoms with van der Waals surface area (Å²) in [6, 6.07) is 2.55. The van der Waals surface area contributed by atoms with Crippen LogP contribution in [0.5, 0.6) is 0 Å². The van der Waals surface area contributed by atoms with Crippen LogP contribution in [0.3, 0.4) is 0 Å². The molecule has 0 radical (unpaired) electrons. The molecule has 0 spiro atoms. The summed E-state index contributed by atoms with van der Waals surface area (Å²) in [5.74, 6) is -2.09. The molecular weight excluding hydrogens is 326 g/mol. The smallest absolute Gasteiger partial charge is 0.243 e. The van der Waals surface area contributed by atoms with Gasteiger partial charge in [-0.25, -0.2) is 17.2 Å². The normalized spacial score (nSPS) is 20.3. The van der Waals surface area contributed by atoms with Crippen molar-refractivity contribution in [1.29, 1.82) is 0 Å². The van der Waals surface area contributed by atoms with Gasteiger partial charge in [0, 0.05) is 32.1 Å². The highest BCUT2D eigenvalue weighted by Gasteiger charge is 2.34. The number of sulfonamides is 1. The highest BCUT2D eigenvalue weighted by atomic mass is 32.2. The average Bonchev–Trinajstić information content (AvgIpc) is 2.48. The Morgan fingerprint density at radius 3 is 2.22 bits per heavy atom. The molecule has 2 aliphatic rings. The molecule has 3 rings (SSSR count). The van der Waals surface area contributed by atoms with Gasteiger partial charge in [0.15, 0.2) is 11.6 Å². The lowest BCUT2D eigenvalue weighted by atomic mass is 9.84. The maximum atomic E-state index is 13.3. The SMILES string of the molecule is O=C(C1CCC1)N1CCN(S(=O)(=O)c2ccc(F)c(F)c2)CC1. The Labute approximate surface area is 133 Å². The number of hydrogen-bond acceptors (Lipinski definition) is 3. The van der Waals surface area contributed by atoms with E-state index in [1.165, 1.54) is 4.31 Å². The molecule has 1 saturated carbocycles. The quantitative estimate of drug-likeness (QED) is 0.837. The summed E-state index contributed by atoms with van der Waals surface area (Å²) in [6.45, 7) is 0.996. The number of carbonyl (C=O) groups excluding carboxylic acids is 1. The molecule has 0 unspecified atom stereocenters. The van der Waals surface area contributed by atoms with Gasteiger partial charge in [-0.2, -0.15) is 4.31 Å². The monoisotopic (exact) mass is 344 g/mol. The van der Waals surface area contributed by atoms with E-state index in [2.05, 4.69) is 0 Å². The Morgan fingerprint density at radius 2 is 1.70 bits per heavy atom. The Bertz CT molecular complexity index is 711. The first-order valence-corrected chi connectivity index (χ1v) is 9.07. The lowest BCUT2D eigenvalue weighted by molar-refractivity contribution is -0.139. The van der Waals surface area contributed by atoms with E-state index < -0.39 is 21.7 Å². The van der Waals surface area contributed by atoms with E-state index in [1.807, 2.05) is 0 Å². The van der Waals surface area contributed by atoms with Crippen LogP contribution in [-0.4, -0.2) is 49.7 Å². The van der Waals surface area contributed by atoms with Crippen LogP contribution in [-0.2, 0) is 14.8 Å². The van der Waals surface area contributed by atoms with Gasteiger partial charge in [0.25, 0.3) is 0 Å². The zero-order valence-corrected chi connectivity index (χ0v) is 13.4. The van der Waals surface area contributed by atoms with Gasteiger partial charge in [-0.05, 0) is 31.0 Å². The maximum Gasteiger partial charge on any atom is 0.243 e. The van der Waals surface area contributed by atoms with E-state index >= 15 is 0 Å². The molecular formula is C15H18F2N2O3S. The molecule has 1 aliphatic carbocycles. The molecule has 5 nitrogen and oxygen atoms in total. The van der Waals surface area contributed by atoms with Crippen LogP contribution >= 0.6 is 0 Å². The van der Waals surface area contributed by atoms with Gasteiger partial charge in [0.1, 0.15) is 0 Å². The summed E-state index contributed by atoms with van der Waals surface area (Å²) in [4.78, 5) is 13.6. The predicted octanol–water partition coefficient (Wildman–Crippen LogP) is 1.60. The van der Waals surface area contributed by atoms with Crippen LogP contribution < -0.4 is 0 Å². The number of nitrogens with zero attached hydrogens (tertiary/aromatic N) is 2. The van der Waals surface area contributed by atoms with Gasteiger partial charge in [-0.15, -0.1) is 0 Å². The van der Waals surface area contributed by atoms with E-state index in [1.54, 1.807) is 4.90 Å². The molecule has 1 aromatic rings. The second-order valence-corrected chi connectivity index (χ2v) is 7.87. The molecule has 1 aromatic carbocycles. The lowest BCUT2D eigenvalue weighted by Crippen LogP contribution is -2.52. The van der Waals surface area contributed by atoms with Gasteiger partial charge in [-0.3, -0.25) is 4.79 Å². The average molecular weight is 344 g/mol. The van der Waals surface area contributed by atoms with E-state index in [0.29, 0.717) is 19.2 Å². The first-order valence-electron chi connectivity index (χ1n) is 7.63. The molecule has 0 aromatic heterocycles. The minimum atomic E-state index is -3.87. The molecule has 1 aliphatic heterocycles. The third-order valence-corrected chi connectivity index (χ3v) is 6.43. The summed E-state index contributed by atoms with van der Waals surface area (Å²) in [7, 11) is -3.87. The first-order chi connectivity index (χ1) is 10.9. The lowest BCUT2D eigenvalue weighted by Gasteiger charge is -2.37. The van der Waals surface area contributed by atoms with Crippen molar-refractivity contribution in [2.45, 2.75) is 24.2 Å². The van der Waals surface area contributed by atoms with Gasteiger partial charge in [0.05, 0.1) is 4.90 Å². The van der Waals surface area contributed by atoms with Crippen molar-refractivity contribution in [3.05, 3.63) is 29.8 Å². The summed E-state index contributed by atoms with van der Waals surface area (Å²) in [5, 5.41) is 0. The van der Waals surface area contributed by atoms with E-state index in [4.69, 9.17) is 0 Å². The van der Waals surface area contributed by atoms with E-state index in [-0.39, 0.29) is 29.8 Å². The van der Waals surface area contributed by atoms with Gasteiger partial charge < -0.3 is 4.90 Å². The van der Waals surface area contributed by atoms with Crippen molar-refractivity contribution in [2.75, 3.05) is 26.2 Å². The Hall–Kier alpha value is -1.54. The van der Waals surface area contributed by atoms with Crippen LogP contribution in [0.25, 0.3) is 0 Å². The molecule has 0 N–H and O–H groups in total. The Kier molecular flexibility index (Phi) is 4.37. The third kappa shape index (κ3) is 3.10. The molecule has 1 amide bonds. The fraction of sp³-hybridized carbons (Fsp3) is 0.533. The molecule has 0 atom stereocenters. The number of hydrogen-bond donors (Lipinski definition) is 0. The minimum absolute atomic E-state index is 0.0874. The zero-order chi connectivity index (χ0) is 16.6. The molecule has 8 heteroatoms. The highest BCUT2D eigenvalue weighted by molar-refractivity contribution is 7.89. The summed E-state index contributed by atoms with van der Waals surface area (Å²) >= 11 is 0. The molecule has 23 heavy (non-hydrogen) atoms. The van der Waals surface area contributed by atoms with Crippen LogP contribution in [0.2, 0.25) is 0 Å². The first kappa shape index (κ1) is 16.3. The van der Waals surface area contributed by atoms with E-state index in [0.717, 1.165) is 31.4 Å². The summed E-state index contributed by atoms with van der Waals surface area (Å²) < 4.78 is 52.4.